The zero-order chi connectivity index (χ0) is 16.3. The Bertz CT molecular complexity index is 517. The Morgan fingerprint density at radius 1 is 1.32 bits per heavy atom. The summed E-state index contributed by atoms with van der Waals surface area (Å²) in [4.78, 5) is 3.73. The third kappa shape index (κ3) is 3.66. The van der Waals surface area contributed by atoms with Crippen molar-refractivity contribution in [3.8, 4) is 5.75 Å². The van der Waals surface area contributed by atoms with Crippen molar-refractivity contribution in [2.75, 3.05) is 12.3 Å². The van der Waals surface area contributed by atoms with Gasteiger partial charge in [0, 0.05) is 5.69 Å². The monoisotopic (exact) mass is 311 g/mol. The molecule has 5 atom stereocenters. The van der Waals surface area contributed by atoms with Gasteiger partial charge < -0.3 is 35.6 Å². The summed E-state index contributed by atoms with van der Waals surface area (Å²) in [5.41, 5.74) is 6.13. The Kier molecular flexibility index (Phi) is 5.19. The van der Waals surface area contributed by atoms with Crippen molar-refractivity contribution >= 4 is 11.6 Å². The number of benzene rings is 1. The Morgan fingerprint density at radius 3 is 2.50 bits per heavy atom. The molecular formula is C14H19N2O6-. The number of nitrogen functional groups attached to an aromatic ring is 1. The van der Waals surface area contributed by atoms with E-state index in [1.807, 2.05) is 0 Å². The van der Waals surface area contributed by atoms with Crippen LogP contribution in [0.5, 0.6) is 5.75 Å². The van der Waals surface area contributed by atoms with E-state index >= 15 is 0 Å². The smallest absolute Gasteiger partial charge is 0.225 e. The summed E-state index contributed by atoms with van der Waals surface area (Å²) in [6.07, 6.45) is -4.92. The first kappa shape index (κ1) is 16.5. The van der Waals surface area contributed by atoms with Gasteiger partial charge in [0.2, 0.25) is 6.29 Å². The highest BCUT2D eigenvalue weighted by Gasteiger charge is 2.45. The van der Waals surface area contributed by atoms with Crippen molar-refractivity contribution in [1.29, 1.82) is 0 Å². The van der Waals surface area contributed by atoms with Crippen LogP contribution in [0, 0.1) is 0 Å². The van der Waals surface area contributed by atoms with Crippen molar-refractivity contribution in [1.82, 2.24) is 0 Å². The van der Waals surface area contributed by atoms with Gasteiger partial charge in [-0.15, -0.1) is 0 Å². The van der Waals surface area contributed by atoms with Gasteiger partial charge in [0.25, 0.3) is 0 Å². The van der Waals surface area contributed by atoms with Crippen molar-refractivity contribution in [2.24, 2.45) is 4.99 Å². The minimum atomic E-state index is -1.39. The number of nitrogens with zero attached hydrogens (tertiary/aromatic N) is 1. The number of aliphatic hydroxyl groups is 3. The third-order valence-corrected chi connectivity index (χ3v) is 3.31. The van der Waals surface area contributed by atoms with E-state index in [1.54, 1.807) is 24.3 Å². The topological polar surface area (TPSA) is 141 Å². The number of rotatable bonds is 4. The molecule has 2 rings (SSSR count). The molecular weight excluding hydrogens is 292 g/mol. The van der Waals surface area contributed by atoms with Crippen molar-refractivity contribution in [2.45, 2.75) is 37.6 Å². The Morgan fingerprint density at radius 2 is 1.95 bits per heavy atom. The molecule has 8 heteroatoms. The van der Waals surface area contributed by atoms with Crippen LogP contribution in [0.25, 0.3) is 0 Å². The second-order valence-corrected chi connectivity index (χ2v) is 5.03. The highest BCUT2D eigenvalue weighted by Crippen LogP contribution is 2.26. The van der Waals surface area contributed by atoms with Crippen LogP contribution in [0.15, 0.2) is 29.3 Å². The van der Waals surface area contributed by atoms with Crippen LogP contribution >= 0.6 is 0 Å². The molecule has 1 fully saturated rings. The number of ether oxygens (including phenoxy) is 2. The maximum absolute atomic E-state index is 11.2. The van der Waals surface area contributed by atoms with Gasteiger partial charge in [-0.2, -0.15) is 0 Å². The van der Waals surface area contributed by atoms with E-state index < -0.39 is 43.1 Å². The highest BCUT2D eigenvalue weighted by molar-refractivity contribution is 5.68. The molecule has 1 heterocycles. The van der Waals surface area contributed by atoms with Gasteiger partial charge in [-0.1, -0.05) is 0 Å². The summed E-state index contributed by atoms with van der Waals surface area (Å²) in [7, 11) is 0. The minimum Gasteiger partial charge on any atom is -0.862 e. The lowest BCUT2D eigenvalue weighted by Gasteiger charge is -2.40. The molecule has 1 aromatic rings. The van der Waals surface area contributed by atoms with E-state index in [0.717, 1.165) is 0 Å². The van der Waals surface area contributed by atoms with Gasteiger partial charge in [0.1, 0.15) is 30.1 Å². The van der Waals surface area contributed by atoms with E-state index in [2.05, 4.69) is 4.99 Å². The number of nitrogens with two attached hydrogens (primary N) is 1. The first-order valence-electron chi connectivity index (χ1n) is 6.78. The molecule has 0 aromatic heterocycles. The zero-order valence-corrected chi connectivity index (χ0v) is 12.0. The minimum absolute atomic E-state index is 0.392. The summed E-state index contributed by atoms with van der Waals surface area (Å²) in [5.74, 6) is -0.142. The third-order valence-electron chi connectivity index (χ3n) is 3.31. The molecule has 0 bridgehead atoms. The van der Waals surface area contributed by atoms with Gasteiger partial charge in [-0.3, -0.25) is 4.99 Å². The summed E-state index contributed by atoms with van der Waals surface area (Å²) in [5, 5.41) is 40.4. The molecule has 1 saturated heterocycles. The van der Waals surface area contributed by atoms with E-state index in [4.69, 9.17) is 15.2 Å². The standard InChI is InChI=1S/C14H20N2O6/c1-7(18)16-11-13(20)12(19)10(6-17)22-14(11)21-9-4-2-8(15)3-5-9/h2-5,10-14,17,19-20H,6,15H2,1H3,(H,16,18)/p-1/t10-,11-,12-,13-,14-/m1/s1. The molecule has 1 aliphatic rings. The van der Waals surface area contributed by atoms with Crippen molar-refractivity contribution in [3.63, 3.8) is 0 Å². The number of hydrogen-bond donors (Lipinski definition) is 4. The van der Waals surface area contributed by atoms with Crippen molar-refractivity contribution < 1.29 is 29.9 Å². The summed E-state index contributed by atoms with van der Waals surface area (Å²) >= 11 is 0. The molecule has 5 N–H and O–H groups in total. The average Bonchev–Trinajstić information content (AvgIpc) is 2.48. The van der Waals surface area contributed by atoms with Crippen LogP contribution in [0.3, 0.4) is 0 Å². The second-order valence-electron chi connectivity index (χ2n) is 5.03. The molecule has 1 aliphatic heterocycles. The first-order valence-corrected chi connectivity index (χ1v) is 6.78. The van der Waals surface area contributed by atoms with Crippen LogP contribution < -0.4 is 15.6 Å². The molecule has 22 heavy (non-hydrogen) atoms. The van der Waals surface area contributed by atoms with E-state index in [0.29, 0.717) is 11.4 Å². The van der Waals surface area contributed by atoms with E-state index in [9.17, 15) is 20.4 Å². The molecule has 0 spiro atoms. The molecule has 0 saturated carbocycles. The SMILES string of the molecule is CC([O-])=N[C@H]1[C@H](Oc2ccc(N)cc2)O[C@H](CO)[C@@H](O)[C@@H]1O. The van der Waals surface area contributed by atoms with E-state index in [1.165, 1.54) is 6.92 Å². The van der Waals surface area contributed by atoms with Crippen LogP contribution in [0.2, 0.25) is 0 Å². The fourth-order valence-electron chi connectivity index (χ4n) is 2.19. The molecule has 1 aromatic carbocycles. The average molecular weight is 311 g/mol. The second kappa shape index (κ2) is 6.93. The molecule has 8 nitrogen and oxygen atoms in total. The Labute approximate surface area is 127 Å². The molecule has 0 unspecified atom stereocenters. The number of aliphatic imine (C=N–C) groups is 1. The fraction of sp³-hybridized carbons (Fsp3) is 0.500. The van der Waals surface area contributed by atoms with Gasteiger partial charge >= 0.3 is 0 Å². The molecule has 122 valence electrons. The number of anilines is 1. The normalized spacial score (nSPS) is 32.7. The predicted molar refractivity (Wildman–Crippen MR) is 76.1 cm³/mol. The van der Waals surface area contributed by atoms with Gasteiger partial charge in [-0.05, 0) is 37.1 Å². The number of hydrogen-bond acceptors (Lipinski definition) is 8. The first-order chi connectivity index (χ1) is 10.4. The maximum atomic E-state index is 11.2. The zero-order valence-electron chi connectivity index (χ0n) is 12.0. The van der Waals surface area contributed by atoms with Crippen molar-refractivity contribution in [3.05, 3.63) is 24.3 Å². The molecule has 0 aliphatic carbocycles. The van der Waals surface area contributed by atoms with Gasteiger partial charge in [-0.25, -0.2) is 0 Å². The van der Waals surface area contributed by atoms with Crippen LogP contribution in [-0.4, -0.2) is 58.5 Å². The highest BCUT2D eigenvalue weighted by atomic mass is 16.7. The Hall–Kier alpha value is -1.87. The predicted octanol–water partition coefficient (Wildman–Crippen LogP) is -1.77. The Balaban J connectivity index is 2.23. The molecule has 0 radical (unpaired) electrons. The summed E-state index contributed by atoms with van der Waals surface area (Å²) in [6.45, 7) is 0.712. The van der Waals surface area contributed by atoms with Crippen LogP contribution in [-0.2, 0) is 4.74 Å². The maximum Gasteiger partial charge on any atom is 0.225 e. The van der Waals surface area contributed by atoms with Gasteiger partial charge in [0.05, 0.1) is 6.61 Å². The number of aliphatic hydroxyl groups excluding tert-OH is 3. The summed E-state index contributed by atoms with van der Waals surface area (Å²) in [6, 6.07) is 5.31. The van der Waals surface area contributed by atoms with Crippen LogP contribution in [0.4, 0.5) is 5.69 Å². The lowest BCUT2D eigenvalue weighted by Crippen LogP contribution is -2.59. The van der Waals surface area contributed by atoms with Crippen LogP contribution in [0.1, 0.15) is 6.92 Å². The largest absolute Gasteiger partial charge is 0.862 e. The fourth-order valence-corrected chi connectivity index (χ4v) is 2.19. The van der Waals surface area contributed by atoms with E-state index in [-0.39, 0.29) is 0 Å². The van der Waals surface area contributed by atoms with Gasteiger partial charge in [0.15, 0.2) is 0 Å². The summed E-state index contributed by atoms with van der Waals surface area (Å²) < 4.78 is 11.0. The lowest BCUT2D eigenvalue weighted by atomic mass is 9.97. The lowest BCUT2D eigenvalue weighted by molar-refractivity contribution is -0.244. The quantitative estimate of drug-likeness (QED) is 0.293. The molecule has 0 amide bonds.